The first-order chi connectivity index (χ1) is 16.4. The first-order valence-electron chi connectivity index (χ1n) is 12.0. The van der Waals surface area contributed by atoms with Crippen LogP contribution in [0.4, 0.5) is 10.8 Å². The van der Waals surface area contributed by atoms with Crippen molar-refractivity contribution in [1.82, 2.24) is 10.3 Å². The Morgan fingerprint density at radius 1 is 1.18 bits per heavy atom. The van der Waals surface area contributed by atoms with E-state index in [4.69, 9.17) is 10.5 Å². The van der Waals surface area contributed by atoms with Gasteiger partial charge in [0.2, 0.25) is 0 Å². The molecule has 3 N–H and O–H groups in total. The van der Waals surface area contributed by atoms with Crippen LogP contribution in [0.25, 0.3) is 0 Å². The molecule has 0 radical (unpaired) electrons. The van der Waals surface area contributed by atoms with Gasteiger partial charge in [0.25, 0.3) is 5.91 Å². The second-order valence-electron chi connectivity index (χ2n) is 9.64. The number of carbonyl (C=O) groups excluding carboxylic acids is 1. The Hall–Kier alpha value is -3.06. The quantitative estimate of drug-likeness (QED) is 0.464. The van der Waals surface area contributed by atoms with Gasteiger partial charge < -0.3 is 20.7 Å². The number of carbonyl (C=O) groups is 1. The zero-order valence-electron chi connectivity index (χ0n) is 19.8. The highest BCUT2D eigenvalue weighted by Crippen LogP contribution is 2.33. The molecule has 3 aromatic rings. The molecule has 1 saturated heterocycles. The van der Waals surface area contributed by atoms with E-state index in [0.717, 1.165) is 37.8 Å². The number of rotatable bonds is 9. The number of ether oxygens (including phenoxy) is 1. The Kier molecular flexibility index (Phi) is 6.46. The Balaban J connectivity index is 1.09. The van der Waals surface area contributed by atoms with Gasteiger partial charge in [-0.15, -0.1) is 0 Å². The first kappa shape index (κ1) is 22.7. The number of thiazole rings is 1. The number of nitrogens with one attached hydrogen (secondary N) is 1. The predicted octanol–water partition coefficient (Wildman–Crippen LogP) is 4.79. The van der Waals surface area contributed by atoms with Crippen LogP contribution in [0.3, 0.4) is 0 Å². The van der Waals surface area contributed by atoms with Gasteiger partial charge in [0.15, 0.2) is 5.13 Å². The van der Waals surface area contributed by atoms with Crippen LogP contribution in [0.1, 0.15) is 52.2 Å². The molecule has 2 aromatic carbocycles. The Bertz CT molecular complexity index is 1130. The predicted molar refractivity (Wildman–Crippen MR) is 138 cm³/mol. The molecule has 5 rings (SSSR count). The van der Waals surface area contributed by atoms with Gasteiger partial charge in [0.1, 0.15) is 10.6 Å². The van der Waals surface area contributed by atoms with Crippen molar-refractivity contribution in [2.75, 3.05) is 30.3 Å². The minimum Gasteiger partial charge on any atom is -0.493 e. The monoisotopic (exact) mass is 476 g/mol. The maximum Gasteiger partial charge on any atom is 0.263 e. The maximum atomic E-state index is 12.5. The highest BCUT2D eigenvalue weighted by molar-refractivity contribution is 7.17. The molecule has 178 valence electrons. The van der Waals surface area contributed by atoms with E-state index in [9.17, 15) is 4.79 Å². The van der Waals surface area contributed by atoms with E-state index < -0.39 is 0 Å². The van der Waals surface area contributed by atoms with Crippen molar-refractivity contribution < 1.29 is 9.53 Å². The summed E-state index contributed by atoms with van der Waals surface area (Å²) in [4.78, 5) is 19.6. The van der Waals surface area contributed by atoms with Crippen molar-refractivity contribution in [2.24, 2.45) is 5.92 Å². The molecule has 1 amide bonds. The lowest BCUT2D eigenvalue weighted by molar-refractivity contribution is 0.0943. The molecule has 1 aromatic heterocycles. The number of nitrogens with zero attached hydrogens (tertiary/aromatic N) is 2. The molecule has 1 saturated carbocycles. The number of hydrogen-bond donors (Lipinski definition) is 2. The van der Waals surface area contributed by atoms with E-state index in [1.807, 2.05) is 13.8 Å². The van der Waals surface area contributed by atoms with Crippen LogP contribution < -0.4 is 20.7 Å². The topological polar surface area (TPSA) is 80.5 Å². The van der Waals surface area contributed by atoms with Crippen molar-refractivity contribution >= 4 is 28.1 Å². The summed E-state index contributed by atoms with van der Waals surface area (Å²) in [6, 6.07) is 17.4. The van der Waals surface area contributed by atoms with Crippen molar-refractivity contribution in [3.05, 3.63) is 70.2 Å². The van der Waals surface area contributed by atoms with Crippen molar-refractivity contribution in [1.29, 1.82) is 0 Å². The summed E-state index contributed by atoms with van der Waals surface area (Å²) in [6.45, 7) is 6.76. The van der Waals surface area contributed by atoms with Gasteiger partial charge in [-0.25, -0.2) is 4.98 Å². The number of hydrogen-bond acceptors (Lipinski definition) is 6. The number of benzene rings is 2. The van der Waals surface area contributed by atoms with Crippen molar-refractivity contribution in [3.63, 3.8) is 0 Å². The zero-order chi connectivity index (χ0) is 23.7. The SMILES string of the molecule is Cc1nc(N)sc1C(=O)NC(C)Cc1ccc(C2CN(c3ccc(OCC4CC4)cc3)C2)cc1. The summed E-state index contributed by atoms with van der Waals surface area (Å²) in [6.07, 6.45) is 3.41. The molecule has 0 spiro atoms. The molecule has 1 atom stereocenters. The molecular weight excluding hydrogens is 444 g/mol. The van der Waals surface area contributed by atoms with Crippen LogP contribution in [-0.2, 0) is 6.42 Å². The van der Waals surface area contributed by atoms with E-state index in [-0.39, 0.29) is 11.9 Å². The maximum absolute atomic E-state index is 12.5. The molecule has 6 nitrogen and oxygen atoms in total. The average molecular weight is 477 g/mol. The first-order valence-corrected chi connectivity index (χ1v) is 12.9. The highest BCUT2D eigenvalue weighted by Gasteiger charge is 2.28. The average Bonchev–Trinajstić information content (AvgIpc) is 3.55. The molecule has 7 heteroatoms. The van der Waals surface area contributed by atoms with Crippen LogP contribution in [0.2, 0.25) is 0 Å². The van der Waals surface area contributed by atoms with Gasteiger partial charge in [-0.2, -0.15) is 0 Å². The normalized spacial score (nSPS) is 16.7. The zero-order valence-corrected chi connectivity index (χ0v) is 20.6. The number of nitrogen functional groups attached to an aromatic ring is 1. The molecule has 1 aliphatic heterocycles. The molecule has 34 heavy (non-hydrogen) atoms. The smallest absolute Gasteiger partial charge is 0.263 e. The van der Waals surface area contributed by atoms with Crippen LogP contribution in [0, 0.1) is 12.8 Å². The van der Waals surface area contributed by atoms with Gasteiger partial charge in [-0.05, 0) is 74.4 Å². The number of aromatic nitrogens is 1. The van der Waals surface area contributed by atoms with Crippen molar-refractivity contribution in [3.8, 4) is 5.75 Å². The van der Waals surface area contributed by atoms with Crippen molar-refractivity contribution in [2.45, 2.75) is 45.1 Å². The summed E-state index contributed by atoms with van der Waals surface area (Å²) in [5.74, 6) is 2.20. The number of nitrogens with two attached hydrogens (primary N) is 1. The Morgan fingerprint density at radius 2 is 1.88 bits per heavy atom. The van der Waals surface area contributed by atoms with E-state index in [2.05, 4.69) is 63.7 Å². The van der Waals surface area contributed by atoms with Crippen LogP contribution in [0.5, 0.6) is 5.75 Å². The van der Waals surface area contributed by atoms with E-state index in [0.29, 0.717) is 21.6 Å². The van der Waals surface area contributed by atoms with Crippen LogP contribution in [0.15, 0.2) is 48.5 Å². The third kappa shape index (κ3) is 5.36. The summed E-state index contributed by atoms with van der Waals surface area (Å²) < 4.78 is 5.85. The summed E-state index contributed by atoms with van der Waals surface area (Å²) in [5, 5.41) is 3.49. The molecule has 0 bridgehead atoms. The van der Waals surface area contributed by atoms with E-state index >= 15 is 0 Å². The number of anilines is 2. The highest BCUT2D eigenvalue weighted by atomic mass is 32.1. The lowest BCUT2D eigenvalue weighted by Gasteiger charge is -2.41. The van der Waals surface area contributed by atoms with Gasteiger partial charge in [0.05, 0.1) is 12.3 Å². The molecule has 2 heterocycles. The molecule has 1 aliphatic carbocycles. The third-order valence-corrected chi connectivity index (χ3v) is 7.64. The minimum atomic E-state index is -0.104. The standard InChI is InChI=1S/C27H32N4O2S/c1-17(29-26(32)25-18(2)30-27(28)34-25)13-19-5-7-21(8-6-19)22-14-31(15-22)23-9-11-24(12-10-23)33-16-20-3-4-20/h5-12,17,20,22H,3-4,13-16H2,1-2H3,(H2,28,30)(H,29,32). The molecule has 1 unspecified atom stereocenters. The number of amides is 1. The fourth-order valence-electron chi connectivity index (χ4n) is 4.40. The summed E-state index contributed by atoms with van der Waals surface area (Å²) in [5.41, 5.74) is 10.2. The minimum absolute atomic E-state index is 0.0245. The molecular formula is C27H32N4O2S. The van der Waals surface area contributed by atoms with Crippen LogP contribution in [-0.4, -0.2) is 36.6 Å². The molecule has 2 fully saturated rings. The van der Waals surface area contributed by atoms with Gasteiger partial charge >= 0.3 is 0 Å². The lowest BCUT2D eigenvalue weighted by atomic mass is 9.90. The number of aryl methyl sites for hydroxylation is 1. The van der Waals surface area contributed by atoms with Gasteiger partial charge in [0, 0.05) is 30.7 Å². The third-order valence-electron chi connectivity index (χ3n) is 6.66. The van der Waals surface area contributed by atoms with Crippen LogP contribution >= 0.6 is 11.3 Å². The fraction of sp³-hybridized carbons (Fsp3) is 0.407. The second kappa shape index (κ2) is 9.66. The Morgan fingerprint density at radius 3 is 2.50 bits per heavy atom. The fourth-order valence-corrected chi connectivity index (χ4v) is 5.14. The Labute approximate surface area is 205 Å². The van der Waals surface area contributed by atoms with E-state index in [1.54, 1.807) is 0 Å². The summed E-state index contributed by atoms with van der Waals surface area (Å²) >= 11 is 1.23. The van der Waals surface area contributed by atoms with Gasteiger partial charge in [-0.1, -0.05) is 35.6 Å². The lowest BCUT2D eigenvalue weighted by Crippen LogP contribution is -2.45. The summed E-state index contributed by atoms with van der Waals surface area (Å²) in [7, 11) is 0. The molecule has 2 aliphatic rings. The van der Waals surface area contributed by atoms with E-state index in [1.165, 1.54) is 41.0 Å². The largest absolute Gasteiger partial charge is 0.493 e. The second-order valence-corrected chi connectivity index (χ2v) is 10.7. The van der Waals surface area contributed by atoms with Gasteiger partial charge in [-0.3, -0.25) is 4.79 Å².